The summed E-state index contributed by atoms with van der Waals surface area (Å²) in [5.41, 5.74) is 0.571. The number of benzene rings is 1. The van der Waals surface area contributed by atoms with Crippen molar-refractivity contribution >= 4 is 11.7 Å². The van der Waals surface area contributed by atoms with E-state index in [2.05, 4.69) is 22.2 Å². The SMILES string of the molecule is CC(NC(=O)CCN1CCN(C)CC1)N(C)C(C)C(=O)c1ccc2c(c1)OCO2. The first-order valence-electron chi connectivity index (χ1n) is 10.2. The summed E-state index contributed by atoms with van der Waals surface area (Å²) in [7, 11) is 3.97. The number of nitrogens with zero attached hydrogens (tertiary/aromatic N) is 3. The maximum atomic E-state index is 12.9. The van der Waals surface area contributed by atoms with Gasteiger partial charge in [-0.05, 0) is 46.1 Å². The number of Topliss-reactive ketones (excluding diaryl/α,β-unsaturated/α-hetero) is 1. The van der Waals surface area contributed by atoms with E-state index in [1.165, 1.54) is 0 Å². The van der Waals surface area contributed by atoms with E-state index >= 15 is 0 Å². The highest BCUT2D eigenvalue weighted by Crippen LogP contribution is 2.33. The zero-order chi connectivity index (χ0) is 21.0. The number of hydrogen-bond acceptors (Lipinski definition) is 7. The van der Waals surface area contributed by atoms with Gasteiger partial charge in [0.25, 0.3) is 0 Å². The van der Waals surface area contributed by atoms with Gasteiger partial charge in [-0.15, -0.1) is 0 Å². The first kappa shape index (κ1) is 21.5. The quantitative estimate of drug-likeness (QED) is 0.512. The molecular formula is C21H32N4O4. The Kier molecular flexibility index (Phi) is 7.10. The zero-order valence-corrected chi connectivity index (χ0v) is 17.8. The average molecular weight is 405 g/mol. The van der Waals surface area contributed by atoms with Crippen molar-refractivity contribution in [1.29, 1.82) is 0 Å². The Balaban J connectivity index is 1.47. The first-order chi connectivity index (χ1) is 13.8. The molecule has 2 aliphatic heterocycles. The van der Waals surface area contributed by atoms with Crippen molar-refractivity contribution in [3.63, 3.8) is 0 Å². The highest BCUT2D eigenvalue weighted by molar-refractivity contribution is 6.00. The summed E-state index contributed by atoms with van der Waals surface area (Å²) in [6.45, 7) is 8.78. The molecule has 1 aromatic carbocycles. The second kappa shape index (κ2) is 9.56. The minimum absolute atomic E-state index is 0.00556. The van der Waals surface area contributed by atoms with E-state index in [9.17, 15) is 9.59 Å². The van der Waals surface area contributed by atoms with Crippen LogP contribution in [0.3, 0.4) is 0 Å². The third-order valence-electron chi connectivity index (χ3n) is 5.88. The molecule has 29 heavy (non-hydrogen) atoms. The van der Waals surface area contributed by atoms with Crippen LogP contribution >= 0.6 is 0 Å². The van der Waals surface area contributed by atoms with Gasteiger partial charge in [0, 0.05) is 44.7 Å². The Morgan fingerprint density at radius 3 is 2.55 bits per heavy atom. The molecule has 0 aliphatic carbocycles. The first-order valence-corrected chi connectivity index (χ1v) is 10.2. The summed E-state index contributed by atoms with van der Waals surface area (Å²) in [6.07, 6.45) is 0.217. The molecule has 3 rings (SSSR count). The summed E-state index contributed by atoms with van der Waals surface area (Å²) in [5.74, 6) is 1.23. The van der Waals surface area contributed by atoms with Gasteiger partial charge in [0.15, 0.2) is 17.3 Å². The van der Waals surface area contributed by atoms with Crippen LogP contribution in [0.4, 0.5) is 0 Å². The van der Waals surface area contributed by atoms with Crippen LogP contribution in [0, 0.1) is 0 Å². The van der Waals surface area contributed by atoms with Gasteiger partial charge < -0.3 is 24.6 Å². The third kappa shape index (κ3) is 5.46. The summed E-state index contributed by atoms with van der Waals surface area (Å²) in [6, 6.07) is 4.84. The van der Waals surface area contributed by atoms with Crippen molar-refractivity contribution in [2.75, 3.05) is 53.6 Å². The number of amides is 1. The second-order valence-electron chi connectivity index (χ2n) is 7.91. The van der Waals surface area contributed by atoms with Crippen LogP contribution in [-0.4, -0.2) is 92.2 Å². The summed E-state index contributed by atoms with van der Waals surface area (Å²) in [5, 5.41) is 3.01. The number of carbonyl (C=O) groups is 2. The number of piperazine rings is 1. The van der Waals surface area contributed by atoms with Crippen LogP contribution in [0.5, 0.6) is 11.5 Å². The van der Waals surface area contributed by atoms with Gasteiger partial charge in [-0.2, -0.15) is 0 Å². The minimum Gasteiger partial charge on any atom is -0.454 e. The fourth-order valence-corrected chi connectivity index (χ4v) is 3.55. The lowest BCUT2D eigenvalue weighted by molar-refractivity contribution is -0.123. The number of likely N-dealkylation sites (N-methyl/N-ethyl adjacent to an activating group) is 2. The Morgan fingerprint density at radius 1 is 1.14 bits per heavy atom. The maximum absolute atomic E-state index is 12.9. The van der Waals surface area contributed by atoms with E-state index in [1.807, 2.05) is 25.8 Å². The molecule has 2 heterocycles. The lowest BCUT2D eigenvalue weighted by atomic mass is 10.0. The van der Waals surface area contributed by atoms with Gasteiger partial charge in [0.05, 0.1) is 12.2 Å². The predicted molar refractivity (Wildman–Crippen MR) is 110 cm³/mol. The molecule has 1 fully saturated rings. The van der Waals surface area contributed by atoms with Gasteiger partial charge in [-0.1, -0.05) is 0 Å². The van der Waals surface area contributed by atoms with Crippen molar-refractivity contribution in [2.24, 2.45) is 0 Å². The molecule has 1 saturated heterocycles. The Morgan fingerprint density at radius 2 is 1.83 bits per heavy atom. The second-order valence-corrected chi connectivity index (χ2v) is 7.91. The third-order valence-corrected chi connectivity index (χ3v) is 5.88. The van der Waals surface area contributed by atoms with Crippen molar-refractivity contribution in [2.45, 2.75) is 32.5 Å². The molecule has 2 unspecified atom stereocenters. The largest absolute Gasteiger partial charge is 0.454 e. The lowest BCUT2D eigenvalue weighted by Gasteiger charge is -2.33. The van der Waals surface area contributed by atoms with Crippen molar-refractivity contribution < 1.29 is 19.1 Å². The van der Waals surface area contributed by atoms with Gasteiger partial charge in [-0.3, -0.25) is 14.5 Å². The number of rotatable bonds is 8. The lowest BCUT2D eigenvalue weighted by Crippen LogP contribution is -2.51. The Labute approximate surface area is 172 Å². The standard InChI is InChI=1S/C21H32N4O4/c1-15(21(27)17-5-6-18-19(13-17)29-14-28-18)24(4)16(2)22-20(26)7-8-25-11-9-23(3)10-12-25/h5-6,13,15-16H,7-12,14H2,1-4H3,(H,22,26). The summed E-state index contributed by atoms with van der Waals surface area (Å²) < 4.78 is 10.7. The van der Waals surface area contributed by atoms with E-state index in [-0.39, 0.29) is 30.7 Å². The molecule has 1 N–H and O–H groups in total. The Bertz CT molecular complexity index is 733. The van der Waals surface area contributed by atoms with E-state index in [0.717, 1.165) is 32.7 Å². The molecule has 0 bridgehead atoms. The van der Waals surface area contributed by atoms with Crippen LogP contribution in [0.15, 0.2) is 18.2 Å². The van der Waals surface area contributed by atoms with Crippen molar-refractivity contribution in [3.8, 4) is 11.5 Å². The minimum atomic E-state index is -0.386. The topological polar surface area (TPSA) is 74.4 Å². The van der Waals surface area contributed by atoms with Crippen LogP contribution in [-0.2, 0) is 4.79 Å². The van der Waals surface area contributed by atoms with Crippen LogP contribution < -0.4 is 14.8 Å². The zero-order valence-electron chi connectivity index (χ0n) is 17.8. The average Bonchev–Trinajstić information content (AvgIpc) is 3.19. The molecule has 8 nitrogen and oxygen atoms in total. The number of ketones is 1. The molecule has 0 radical (unpaired) electrons. The number of ether oxygens (including phenoxy) is 2. The fourth-order valence-electron chi connectivity index (χ4n) is 3.55. The van der Waals surface area contributed by atoms with Crippen molar-refractivity contribution in [1.82, 2.24) is 20.0 Å². The maximum Gasteiger partial charge on any atom is 0.231 e. The summed E-state index contributed by atoms with van der Waals surface area (Å²) >= 11 is 0. The van der Waals surface area contributed by atoms with E-state index in [0.29, 0.717) is 23.5 Å². The van der Waals surface area contributed by atoms with E-state index in [1.54, 1.807) is 18.2 Å². The smallest absolute Gasteiger partial charge is 0.231 e. The van der Waals surface area contributed by atoms with E-state index < -0.39 is 0 Å². The molecule has 0 aromatic heterocycles. The fraction of sp³-hybridized carbons (Fsp3) is 0.619. The normalized spacial score (nSPS) is 19.2. The van der Waals surface area contributed by atoms with Gasteiger partial charge >= 0.3 is 0 Å². The molecular weight excluding hydrogens is 372 g/mol. The Hall–Kier alpha value is -2.16. The van der Waals surface area contributed by atoms with Crippen LogP contribution in [0.1, 0.15) is 30.6 Å². The molecule has 8 heteroatoms. The molecule has 2 aliphatic rings. The van der Waals surface area contributed by atoms with Gasteiger partial charge in [-0.25, -0.2) is 0 Å². The molecule has 0 spiro atoms. The number of fused-ring (bicyclic) bond motifs is 1. The number of carbonyl (C=O) groups excluding carboxylic acids is 2. The van der Waals surface area contributed by atoms with Crippen LogP contribution in [0.2, 0.25) is 0 Å². The number of hydrogen-bond donors (Lipinski definition) is 1. The molecule has 0 saturated carbocycles. The molecule has 1 aromatic rings. The van der Waals surface area contributed by atoms with Crippen LogP contribution in [0.25, 0.3) is 0 Å². The molecule has 160 valence electrons. The summed E-state index contributed by atoms with van der Waals surface area (Å²) in [4.78, 5) is 31.7. The predicted octanol–water partition coefficient (Wildman–Crippen LogP) is 1.02. The van der Waals surface area contributed by atoms with Gasteiger partial charge in [0.1, 0.15) is 0 Å². The highest BCUT2D eigenvalue weighted by Gasteiger charge is 2.26. The highest BCUT2D eigenvalue weighted by atomic mass is 16.7. The molecule has 2 atom stereocenters. The van der Waals surface area contributed by atoms with E-state index in [4.69, 9.17) is 9.47 Å². The molecule has 1 amide bonds. The van der Waals surface area contributed by atoms with Gasteiger partial charge in [0.2, 0.25) is 12.7 Å². The monoisotopic (exact) mass is 404 g/mol. The van der Waals surface area contributed by atoms with Crippen molar-refractivity contribution in [3.05, 3.63) is 23.8 Å². The number of nitrogens with one attached hydrogen (secondary N) is 1.